The Morgan fingerprint density at radius 1 is 0.875 bits per heavy atom. The van der Waals surface area contributed by atoms with Gasteiger partial charge in [0.25, 0.3) is 0 Å². The van der Waals surface area contributed by atoms with Gasteiger partial charge in [0.15, 0.2) is 0 Å². The minimum Gasteiger partial charge on any atom is -0.312 e. The van der Waals surface area contributed by atoms with Gasteiger partial charge in [0.05, 0.1) is 5.56 Å². The molecule has 3 rings (SSSR count). The van der Waals surface area contributed by atoms with Crippen LogP contribution in [0.15, 0.2) is 84.3 Å². The molecule has 0 bridgehead atoms. The van der Waals surface area contributed by atoms with Gasteiger partial charge in [-0.3, -0.25) is 4.98 Å². The van der Waals surface area contributed by atoms with Crippen LogP contribution >= 0.6 is 22.6 Å². The summed E-state index contributed by atoms with van der Waals surface area (Å²) in [6.07, 6.45) is 3.35. The summed E-state index contributed by atoms with van der Waals surface area (Å²) in [7, 11) is 0. The highest BCUT2D eigenvalue weighted by Crippen LogP contribution is 2.15. The summed E-state index contributed by atoms with van der Waals surface area (Å²) in [5, 5.41) is 4.12. The smallest absolute Gasteiger partial charge is 0.312 e. The molecule has 0 N–H and O–H groups in total. The van der Waals surface area contributed by atoms with Gasteiger partial charge >= 0.3 is 5.97 Å². The van der Waals surface area contributed by atoms with Crippen LogP contribution in [0.2, 0.25) is 0 Å². The minimum absolute atomic E-state index is 0.484. The maximum Gasteiger partial charge on any atom is 0.366 e. The van der Waals surface area contributed by atoms with E-state index >= 15 is 0 Å². The van der Waals surface area contributed by atoms with Crippen LogP contribution in [-0.2, 0) is 4.84 Å². The first-order chi connectivity index (χ1) is 11.8. The first-order valence-electron chi connectivity index (χ1n) is 7.25. The van der Waals surface area contributed by atoms with Gasteiger partial charge in [0, 0.05) is 27.1 Å². The van der Waals surface area contributed by atoms with E-state index in [4.69, 9.17) is 4.84 Å². The Balaban J connectivity index is 1.93. The molecular weight excluding hydrogens is 415 g/mol. The van der Waals surface area contributed by atoms with E-state index in [1.165, 1.54) is 0 Å². The van der Waals surface area contributed by atoms with E-state index in [9.17, 15) is 4.79 Å². The SMILES string of the molecule is O=C(ON=C(c1ccccc1)c1ccncc1)c1ccccc1I. The Hall–Kier alpha value is -2.54. The minimum atomic E-state index is -0.484. The number of benzene rings is 2. The van der Waals surface area contributed by atoms with Crippen LogP contribution in [0.1, 0.15) is 21.5 Å². The van der Waals surface area contributed by atoms with Gasteiger partial charge in [-0.05, 0) is 46.9 Å². The van der Waals surface area contributed by atoms with Crippen LogP contribution in [0, 0.1) is 3.57 Å². The third kappa shape index (κ3) is 3.86. The molecule has 3 aromatic rings. The summed E-state index contributed by atoms with van der Waals surface area (Å²) >= 11 is 2.10. The maximum absolute atomic E-state index is 12.3. The third-order valence-corrected chi connectivity index (χ3v) is 4.26. The van der Waals surface area contributed by atoms with Crippen LogP contribution < -0.4 is 0 Å². The largest absolute Gasteiger partial charge is 0.366 e. The van der Waals surface area contributed by atoms with Crippen LogP contribution in [0.25, 0.3) is 0 Å². The van der Waals surface area contributed by atoms with Crippen molar-refractivity contribution in [3.63, 3.8) is 0 Å². The molecule has 1 heterocycles. The zero-order valence-electron chi connectivity index (χ0n) is 12.6. The topological polar surface area (TPSA) is 51.5 Å². The van der Waals surface area contributed by atoms with Gasteiger partial charge < -0.3 is 4.84 Å². The summed E-state index contributed by atoms with van der Waals surface area (Å²) < 4.78 is 0.820. The molecule has 0 unspecified atom stereocenters. The lowest BCUT2D eigenvalue weighted by molar-refractivity contribution is 0.0516. The lowest BCUT2D eigenvalue weighted by atomic mass is 10.0. The van der Waals surface area contributed by atoms with Crippen molar-refractivity contribution in [3.05, 3.63) is 99.4 Å². The quantitative estimate of drug-likeness (QED) is 0.270. The second-order valence-electron chi connectivity index (χ2n) is 4.90. The van der Waals surface area contributed by atoms with E-state index in [1.807, 2.05) is 54.6 Å². The van der Waals surface area contributed by atoms with Gasteiger partial charge in [0.2, 0.25) is 0 Å². The van der Waals surface area contributed by atoms with Crippen molar-refractivity contribution in [1.29, 1.82) is 0 Å². The molecule has 0 saturated carbocycles. The molecule has 0 amide bonds. The molecule has 24 heavy (non-hydrogen) atoms. The van der Waals surface area contributed by atoms with Gasteiger partial charge in [-0.15, -0.1) is 0 Å². The number of hydrogen-bond acceptors (Lipinski definition) is 4. The summed E-state index contributed by atoms with van der Waals surface area (Å²) in [6.45, 7) is 0. The Morgan fingerprint density at radius 3 is 2.21 bits per heavy atom. The van der Waals surface area contributed by atoms with Crippen molar-refractivity contribution >= 4 is 34.3 Å². The molecular formula is C19H13IN2O2. The molecule has 5 heteroatoms. The first-order valence-corrected chi connectivity index (χ1v) is 8.33. The van der Waals surface area contributed by atoms with E-state index in [0.29, 0.717) is 11.3 Å². The van der Waals surface area contributed by atoms with Crippen LogP contribution in [-0.4, -0.2) is 16.7 Å². The number of rotatable bonds is 4. The molecule has 0 fully saturated rings. The van der Waals surface area contributed by atoms with E-state index < -0.39 is 5.97 Å². The molecule has 0 aliphatic carbocycles. The van der Waals surface area contributed by atoms with Gasteiger partial charge in [0.1, 0.15) is 5.71 Å². The number of pyridine rings is 1. The van der Waals surface area contributed by atoms with Crippen molar-refractivity contribution in [1.82, 2.24) is 4.98 Å². The lowest BCUT2D eigenvalue weighted by Gasteiger charge is -2.07. The highest BCUT2D eigenvalue weighted by molar-refractivity contribution is 14.1. The monoisotopic (exact) mass is 428 g/mol. The van der Waals surface area contributed by atoms with Crippen LogP contribution in [0.5, 0.6) is 0 Å². The van der Waals surface area contributed by atoms with Crippen molar-refractivity contribution < 1.29 is 9.63 Å². The standard InChI is InChI=1S/C19H13IN2O2/c20-17-9-5-4-8-16(17)19(23)24-22-18(14-6-2-1-3-7-14)15-10-12-21-13-11-15/h1-13H. The molecule has 2 aromatic carbocycles. The summed E-state index contributed by atoms with van der Waals surface area (Å²) in [5.41, 5.74) is 2.76. The predicted molar refractivity (Wildman–Crippen MR) is 101 cm³/mol. The van der Waals surface area contributed by atoms with Crippen LogP contribution in [0.4, 0.5) is 0 Å². The summed E-state index contributed by atoms with van der Waals surface area (Å²) in [6, 6.07) is 20.5. The molecule has 0 aliphatic heterocycles. The molecule has 1 aromatic heterocycles. The molecule has 0 spiro atoms. The number of aromatic nitrogens is 1. The van der Waals surface area contributed by atoms with Crippen molar-refractivity contribution in [2.75, 3.05) is 0 Å². The number of oxime groups is 1. The fourth-order valence-corrected chi connectivity index (χ4v) is 2.75. The predicted octanol–water partition coefficient (Wildman–Crippen LogP) is 4.30. The molecule has 0 aliphatic rings. The second-order valence-corrected chi connectivity index (χ2v) is 6.06. The lowest BCUT2D eigenvalue weighted by Crippen LogP contribution is -2.08. The number of carbonyl (C=O) groups excluding carboxylic acids is 1. The highest BCUT2D eigenvalue weighted by Gasteiger charge is 2.13. The fourth-order valence-electron chi connectivity index (χ4n) is 2.14. The number of halogens is 1. The summed E-state index contributed by atoms with van der Waals surface area (Å²) in [4.78, 5) is 21.5. The Labute approximate surface area is 153 Å². The van der Waals surface area contributed by atoms with E-state index in [2.05, 4.69) is 32.7 Å². The number of hydrogen-bond donors (Lipinski definition) is 0. The molecule has 0 atom stereocenters. The summed E-state index contributed by atoms with van der Waals surface area (Å²) in [5.74, 6) is -0.484. The van der Waals surface area contributed by atoms with E-state index in [0.717, 1.165) is 14.7 Å². The maximum atomic E-state index is 12.3. The average molecular weight is 428 g/mol. The Morgan fingerprint density at radius 2 is 1.50 bits per heavy atom. The van der Waals surface area contributed by atoms with Crippen LogP contribution in [0.3, 0.4) is 0 Å². The number of carbonyl (C=O) groups is 1. The zero-order chi connectivity index (χ0) is 16.8. The van der Waals surface area contributed by atoms with Crippen molar-refractivity contribution in [3.8, 4) is 0 Å². The average Bonchev–Trinajstić information content (AvgIpc) is 2.64. The zero-order valence-corrected chi connectivity index (χ0v) is 14.8. The van der Waals surface area contributed by atoms with Gasteiger partial charge in [-0.25, -0.2) is 4.79 Å². The molecule has 118 valence electrons. The third-order valence-electron chi connectivity index (χ3n) is 3.31. The van der Waals surface area contributed by atoms with Gasteiger partial charge in [-0.2, -0.15) is 0 Å². The second kappa shape index (κ2) is 7.83. The molecule has 0 saturated heterocycles. The Kier molecular flexibility index (Phi) is 5.32. The number of nitrogens with zero attached hydrogens (tertiary/aromatic N) is 2. The van der Waals surface area contributed by atoms with E-state index in [1.54, 1.807) is 24.5 Å². The molecule has 0 radical (unpaired) electrons. The van der Waals surface area contributed by atoms with Crippen molar-refractivity contribution in [2.45, 2.75) is 0 Å². The van der Waals surface area contributed by atoms with E-state index in [-0.39, 0.29) is 0 Å². The fraction of sp³-hybridized carbons (Fsp3) is 0. The Bertz CT molecular complexity index is 823. The van der Waals surface area contributed by atoms with Crippen molar-refractivity contribution in [2.24, 2.45) is 5.16 Å². The molecule has 4 nitrogen and oxygen atoms in total. The van der Waals surface area contributed by atoms with Gasteiger partial charge in [-0.1, -0.05) is 47.6 Å². The highest BCUT2D eigenvalue weighted by atomic mass is 127. The normalized spacial score (nSPS) is 11.1. The first kappa shape index (κ1) is 16.3.